The molecule has 1 aliphatic heterocycles. The Labute approximate surface area is 346 Å². The zero-order valence-corrected chi connectivity index (χ0v) is 34.7. The molecule has 3 amide bonds. The van der Waals surface area contributed by atoms with E-state index in [0.29, 0.717) is 34.9 Å². The third-order valence-electron chi connectivity index (χ3n) is 7.64. The first-order valence-corrected chi connectivity index (χ1v) is 18.7. The first-order valence-electron chi connectivity index (χ1n) is 15.6. The van der Waals surface area contributed by atoms with E-state index in [-0.39, 0.29) is 35.0 Å². The van der Waals surface area contributed by atoms with Crippen LogP contribution in [0.1, 0.15) is 45.1 Å². The molecule has 6 rings (SSSR count). The first kappa shape index (κ1) is 41.7. The SMILES string of the molecule is CCN(C(=O)c1cc(Br)cc(Br)c1NC(=O)c1cc(Br)nn1-c1ncccc1Cl)N(C)C(=O)OC.FC(F)(F)c1ccc2c(c1)NC(c1ccncc1Cl)O2. The van der Waals surface area contributed by atoms with Crippen molar-refractivity contribution in [1.82, 2.24) is 29.8 Å². The Hall–Kier alpha value is -4.43. The third-order valence-corrected chi connectivity index (χ3v) is 9.72. The highest BCUT2D eigenvalue weighted by atomic mass is 79.9. The third kappa shape index (κ3) is 9.52. The molecular weight excluding hydrogens is 968 g/mol. The monoisotopic (exact) mass is 990 g/mol. The summed E-state index contributed by atoms with van der Waals surface area (Å²) in [5, 5.41) is 12.8. The highest BCUT2D eigenvalue weighted by molar-refractivity contribution is 9.11. The minimum absolute atomic E-state index is 0.115. The first-order chi connectivity index (χ1) is 26.0. The van der Waals surface area contributed by atoms with E-state index in [1.165, 1.54) is 54.6 Å². The molecule has 0 saturated carbocycles. The van der Waals surface area contributed by atoms with Gasteiger partial charge in [0.15, 0.2) is 12.0 Å². The van der Waals surface area contributed by atoms with Crippen LogP contribution in [0.5, 0.6) is 5.75 Å². The maximum atomic E-state index is 13.4. The number of halogens is 8. The number of nitrogens with one attached hydrogen (secondary N) is 2. The Balaban J connectivity index is 0.000000244. The molecule has 2 aromatic carbocycles. The number of hydrazine groups is 1. The van der Waals surface area contributed by atoms with Crippen molar-refractivity contribution in [3.05, 3.63) is 119 Å². The van der Waals surface area contributed by atoms with Gasteiger partial charge in [-0.1, -0.05) is 39.1 Å². The topological polar surface area (TPSA) is 144 Å². The number of fused-ring (bicyclic) bond motifs is 1. The van der Waals surface area contributed by atoms with E-state index in [0.717, 1.165) is 17.1 Å². The lowest BCUT2D eigenvalue weighted by atomic mass is 10.1. The van der Waals surface area contributed by atoms with E-state index in [2.05, 4.69) is 73.5 Å². The summed E-state index contributed by atoms with van der Waals surface area (Å²) in [7, 11) is 2.62. The van der Waals surface area contributed by atoms with Crippen LogP contribution >= 0.6 is 71.0 Å². The number of aromatic nitrogens is 4. The summed E-state index contributed by atoms with van der Waals surface area (Å²) < 4.78 is 50.9. The zero-order chi connectivity index (χ0) is 40.2. The van der Waals surface area contributed by atoms with Crippen molar-refractivity contribution < 1.29 is 37.0 Å². The normalized spacial score (nSPS) is 13.0. The molecule has 0 spiro atoms. The number of amides is 3. The Morgan fingerprint density at radius 2 is 1.80 bits per heavy atom. The van der Waals surface area contributed by atoms with Crippen molar-refractivity contribution in [2.75, 3.05) is 31.3 Å². The number of pyridine rings is 2. The average molecular weight is 994 g/mol. The fraction of sp³-hybridized carbons (Fsp3) is 0.176. The molecule has 5 aromatic rings. The van der Waals surface area contributed by atoms with Crippen LogP contribution in [0.15, 0.2) is 86.7 Å². The van der Waals surface area contributed by atoms with Crippen molar-refractivity contribution in [1.29, 1.82) is 0 Å². The van der Waals surface area contributed by atoms with Gasteiger partial charge < -0.3 is 20.1 Å². The summed E-state index contributed by atoms with van der Waals surface area (Å²) in [5.74, 6) is -0.504. The number of benzene rings is 2. The van der Waals surface area contributed by atoms with Gasteiger partial charge in [-0.05, 0) is 87.3 Å². The molecule has 21 heteroatoms. The van der Waals surface area contributed by atoms with Crippen LogP contribution in [0.4, 0.5) is 29.3 Å². The number of anilines is 2. The minimum Gasteiger partial charge on any atom is -0.464 e. The van der Waals surface area contributed by atoms with Crippen molar-refractivity contribution in [2.24, 2.45) is 0 Å². The molecule has 0 saturated heterocycles. The van der Waals surface area contributed by atoms with Crippen molar-refractivity contribution in [2.45, 2.75) is 19.3 Å². The van der Waals surface area contributed by atoms with Gasteiger partial charge in [-0.3, -0.25) is 14.6 Å². The summed E-state index contributed by atoms with van der Waals surface area (Å²) in [6, 6.07) is 12.9. The lowest BCUT2D eigenvalue weighted by Crippen LogP contribution is -2.47. The number of carbonyl (C=O) groups excluding carboxylic acids is 3. The van der Waals surface area contributed by atoms with Gasteiger partial charge in [-0.25, -0.2) is 24.5 Å². The van der Waals surface area contributed by atoms with Crippen LogP contribution in [0.2, 0.25) is 10.0 Å². The molecular formula is C34H26Br3Cl2F3N8O5. The molecule has 1 aliphatic rings. The molecule has 0 aliphatic carbocycles. The highest BCUT2D eigenvalue weighted by Gasteiger charge is 2.34. The van der Waals surface area contributed by atoms with Gasteiger partial charge in [0.05, 0.1) is 39.7 Å². The van der Waals surface area contributed by atoms with E-state index in [4.69, 9.17) is 32.7 Å². The Morgan fingerprint density at radius 1 is 1.05 bits per heavy atom. The van der Waals surface area contributed by atoms with Gasteiger partial charge in [-0.15, -0.1) is 0 Å². The van der Waals surface area contributed by atoms with Gasteiger partial charge in [0, 0.05) is 52.8 Å². The van der Waals surface area contributed by atoms with Crippen molar-refractivity contribution in [3.63, 3.8) is 0 Å². The minimum atomic E-state index is -4.39. The lowest BCUT2D eigenvalue weighted by molar-refractivity contribution is -0.137. The molecule has 1 atom stereocenters. The lowest BCUT2D eigenvalue weighted by Gasteiger charge is -2.30. The van der Waals surface area contributed by atoms with Gasteiger partial charge >= 0.3 is 12.3 Å². The van der Waals surface area contributed by atoms with Crippen LogP contribution in [-0.4, -0.2) is 68.4 Å². The number of carbonyl (C=O) groups is 3. The smallest absolute Gasteiger partial charge is 0.428 e. The number of hydrogen-bond donors (Lipinski definition) is 2. The molecule has 13 nitrogen and oxygen atoms in total. The van der Waals surface area contributed by atoms with Crippen molar-refractivity contribution >= 4 is 100 Å². The van der Waals surface area contributed by atoms with Gasteiger partial charge in [0.1, 0.15) is 16.0 Å². The number of methoxy groups -OCH3 is 1. The van der Waals surface area contributed by atoms with Crippen molar-refractivity contribution in [3.8, 4) is 11.6 Å². The summed E-state index contributed by atoms with van der Waals surface area (Å²) in [6.45, 7) is 1.87. The summed E-state index contributed by atoms with van der Waals surface area (Å²) >= 11 is 22.3. The fourth-order valence-corrected chi connectivity index (χ4v) is 7.20. The largest absolute Gasteiger partial charge is 0.464 e. The highest BCUT2D eigenvalue weighted by Crippen LogP contribution is 2.42. The second-order valence-corrected chi connectivity index (χ2v) is 14.5. The average Bonchev–Trinajstić information content (AvgIpc) is 3.75. The fourth-order valence-electron chi connectivity index (χ4n) is 5.08. The van der Waals surface area contributed by atoms with Crippen LogP contribution in [-0.2, 0) is 10.9 Å². The Morgan fingerprint density at radius 3 is 2.45 bits per heavy atom. The quantitative estimate of drug-likeness (QED) is 0.159. The van der Waals surface area contributed by atoms with Gasteiger partial charge in [0.2, 0.25) is 0 Å². The van der Waals surface area contributed by atoms with Crippen LogP contribution in [0.25, 0.3) is 5.82 Å². The maximum Gasteiger partial charge on any atom is 0.428 e. The van der Waals surface area contributed by atoms with E-state index >= 15 is 0 Å². The van der Waals surface area contributed by atoms with E-state index in [9.17, 15) is 27.6 Å². The number of alkyl halides is 3. The molecule has 0 fully saturated rings. The molecule has 1 unspecified atom stereocenters. The number of rotatable bonds is 6. The second-order valence-electron chi connectivity index (χ2n) is 11.1. The van der Waals surface area contributed by atoms with Crippen LogP contribution in [0, 0.1) is 0 Å². The standard InChI is InChI=1S/C21H18Br3ClN6O4.C13H8ClF3N2O/c1-4-30(29(2)21(34)35-3)20(33)12-8-11(22)9-13(23)17(12)27-19(32)15-10-16(24)28-31(15)18-14(25)6-5-7-26-18;14-9-6-18-4-3-8(9)12-19-10-5-7(13(15,16)17)1-2-11(10)20-12/h5-10H,4H2,1-3H3,(H,27,32);1-6,12,19H. The second kappa shape index (κ2) is 17.6. The zero-order valence-electron chi connectivity index (χ0n) is 28.5. The van der Waals surface area contributed by atoms with Gasteiger partial charge in [-0.2, -0.15) is 18.3 Å². The van der Waals surface area contributed by atoms with E-state index < -0.39 is 35.9 Å². The molecule has 0 bridgehead atoms. The molecule has 288 valence electrons. The Kier molecular flexibility index (Phi) is 13.3. The molecule has 3 aromatic heterocycles. The molecule has 2 N–H and O–H groups in total. The summed E-state index contributed by atoms with van der Waals surface area (Å²) in [5.41, 5.74) is 0.608. The maximum absolute atomic E-state index is 13.4. The molecule has 0 radical (unpaired) electrons. The van der Waals surface area contributed by atoms with Crippen LogP contribution < -0.4 is 15.4 Å². The number of hydrogen-bond acceptors (Lipinski definition) is 9. The predicted octanol–water partition coefficient (Wildman–Crippen LogP) is 9.79. The number of ether oxygens (including phenoxy) is 2. The van der Waals surface area contributed by atoms with Gasteiger partial charge in [0.25, 0.3) is 11.8 Å². The van der Waals surface area contributed by atoms with E-state index in [1.54, 1.807) is 37.3 Å². The Bertz CT molecular complexity index is 2270. The summed E-state index contributed by atoms with van der Waals surface area (Å²) in [4.78, 5) is 46.9. The summed E-state index contributed by atoms with van der Waals surface area (Å²) in [6.07, 6.45) is -1.21. The predicted molar refractivity (Wildman–Crippen MR) is 208 cm³/mol. The van der Waals surface area contributed by atoms with Crippen LogP contribution in [0.3, 0.4) is 0 Å². The molecule has 4 heterocycles. The molecule has 55 heavy (non-hydrogen) atoms. The van der Waals surface area contributed by atoms with E-state index in [1.807, 2.05) is 0 Å². The number of nitrogens with zero attached hydrogens (tertiary/aromatic N) is 6.